The Hall–Kier alpha value is -2.67. The summed E-state index contributed by atoms with van der Waals surface area (Å²) in [5, 5.41) is 7.14. The molecule has 0 bridgehead atoms. The molecule has 1 atom stereocenters. The van der Waals surface area contributed by atoms with Crippen molar-refractivity contribution in [3.05, 3.63) is 0 Å². The van der Waals surface area contributed by atoms with Crippen molar-refractivity contribution in [1.82, 2.24) is 16.0 Å². The third-order valence-electron chi connectivity index (χ3n) is 2.15. The van der Waals surface area contributed by atoms with Gasteiger partial charge in [-0.15, -0.1) is 12.8 Å². The van der Waals surface area contributed by atoms with Gasteiger partial charge in [0, 0.05) is 0 Å². The Labute approximate surface area is 130 Å². The Morgan fingerprint density at radius 3 is 2.14 bits per heavy atom. The second-order valence-electron chi connectivity index (χ2n) is 5.31. The lowest BCUT2D eigenvalue weighted by atomic mass is 10.1. The quantitative estimate of drug-likeness (QED) is 0.591. The summed E-state index contributed by atoms with van der Waals surface area (Å²) in [6, 6.07) is -1.11. The largest absolute Gasteiger partial charge is 0.444 e. The minimum Gasteiger partial charge on any atom is -0.444 e. The maximum absolute atomic E-state index is 11.9. The Balaban J connectivity index is 4.76. The van der Waals surface area contributed by atoms with Crippen molar-refractivity contribution in [1.29, 1.82) is 0 Å². The van der Waals surface area contributed by atoms with Gasteiger partial charge in [-0.05, 0) is 20.8 Å². The molecule has 3 amide bonds. The Morgan fingerprint density at radius 1 is 1.09 bits per heavy atom. The van der Waals surface area contributed by atoms with Crippen molar-refractivity contribution in [2.45, 2.75) is 38.8 Å². The molecule has 0 fully saturated rings. The first kappa shape index (κ1) is 19.3. The molecule has 0 spiro atoms. The van der Waals surface area contributed by atoms with Crippen molar-refractivity contribution in [2.75, 3.05) is 13.1 Å². The number of carbonyl (C=O) groups excluding carboxylic acids is 3. The third kappa shape index (κ3) is 9.27. The maximum atomic E-state index is 11.9. The van der Waals surface area contributed by atoms with E-state index in [0.717, 1.165) is 0 Å². The predicted molar refractivity (Wildman–Crippen MR) is 81.5 cm³/mol. The number of carbonyl (C=O) groups is 3. The average Bonchev–Trinajstić information content (AvgIpc) is 2.39. The van der Waals surface area contributed by atoms with Gasteiger partial charge in [-0.2, -0.15) is 0 Å². The number of nitrogens with one attached hydrogen (secondary N) is 3. The average molecular weight is 307 g/mol. The molecule has 0 aromatic rings. The Morgan fingerprint density at radius 2 is 1.64 bits per heavy atom. The number of hydrogen-bond donors (Lipinski definition) is 3. The summed E-state index contributed by atoms with van der Waals surface area (Å²) in [7, 11) is 0. The maximum Gasteiger partial charge on any atom is 0.408 e. The van der Waals surface area contributed by atoms with Crippen LogP contribution in [-0.4, -0.2) is 42.6 Å². The summed E-state index contributed by atoms with van der Waals surface area (Å²) < 4.78 is 5.05. The van der Waals surface area contributed by atoms with Crippen LogP contribution in [0.25, 0.3) is 0 Å². The topological polar surface area (TPSA) is 96.5 Å². The molecule has 0 aliphatic carbocycles. The van der Waals surface area contributed by atoms with Gasteiger partial charge in [0.1, 0.15) is 11.6 Å². The predicted octanol–water partition coefficient (Wildman–Crippen LogP) is -0.231. The fourth-order valence-electron chi connectivity index (χ4n) is 1.33. The monoisotopic (exact) mass is 307 g/mol. The summed E-state index contributed by atoms with van der Waals surface area (Å²) in [5.41, 5.74) is -0.727. The van der Waals surface area contributed by atoms with Crippen LogP contribution in [0, 0.1) is 24.7 Å². The van der Waals surface area contributed by atoms with Crippen LogP contribution in [0.1, 0.15) is 27.2 Å². The van der Waals surface area contributed by atoms with Crippen molar-refractivity contribution in [3.8, 4) is 24.7 Å². The first-order chi connectivity index (χ1) is 10.2. The normalized spacial score (nSPS) is 11.3. The highest BCUT2D eigenvalue weighted by atomic mass is 16.6. The van der Waals surface area contributed by atoms with Gasteiger partial charge < -0.3 is 20.7 Å². The van der Waals surface area contributed by atoms with Gasteiger partial charge in [0.25, 0.3) is 0 Å². The number of amides is 3. The zero-order valence-corrected chi connectivity index (χ0v) is 13.0. The van der Waals surface area contributed by atoms with Gasteiger partial charge in [0.2, 0.25) is 11.8 Å². The lowest BCUT2D eigenvalue weighted by Crippen LogP contribution is -2.50. The van der Waals surface area contributed by atoms with Crippen LogP contribution in [0.3, 0.4) is 0 Å². The van der Waals surface area contributed by atoms with Gasteiger partial charge in [0.15, 0.2) is 0 Å². The van der Waals surface area contributed by atoms with Crippen molar-refractivity contribution in [2.24, 2.45) is 0 Å². The summed E-state index contributed by atoms with van der Waals surface area (Å²) in [6.45, 7) is 5.06. The van der Waals surface area contributed by atoms with E-state index >= 15 is 0 Å². The standard InChI is InChI=1S/C15H21N3O4/c1-6-8-16-12(19)10-11(13(20)17-9-7-2)18-14(21)22-15(3,4)5/h1-2,11H,8-10H2,3-5H3,(H,16,19)(H,17,20)(H,18,21). The molecule has 7 nitrogen and oxygen atoms in total. The first-order valence-corrected chi connectivity index (χ1v) is 6.60. The lowest BCUT2D eigenvalue weighted by molar-refractivity contribution is -0.128. The van der Waals surface area contributed by atoms with E-state index in [-0.39, 0.29) is 19.5 Å². The van der Waals surface area contributed by atoms with Crippen LogP contribution < -0.4 is 16.0 Å². The third-order valence-corrected chi connectivity index (χ3v) is 2.15. The van der Waals surface area contributed by atoms with Crippen LogP contribution in [0.4, 0.5) is 4.79 Å². The van der Waals surface area contributed by atoms with Crippen LogP contribution in [0.5, 0.6) is 0 Å². The molecule has 1 unspecified atom stereocenters. The van der Waals surface area contributed by atoms with Crippen molar-refractivity contribution >= 4 is 17.9 Å². The highest BCUT2D eigenvalue weighted by molar-refractivity contribution is 5.91. The molecule has 0 saturated carbocycles. The van der Waals surface area contributed by atoms with E-state index in [1.807, 2.05) is 0 Å². The molecule has 0 aromatic carbocycles. The lowest BCUT2D eigenvalue weighted by Gasteiger charge is -2.23. The molecule has 3 N–H and O–H groups in total. The van der Waals surface area contributed by atoms with Crippen LogP contribution in [-0.2, 0) is 14.3 Å². The molecule has 22 heavy (non-hydrogen) atoms. The molecule has 0 radical (unpaired) electrons. The number of alkyl carbamates (subject to hydrolysis) is 1. The number of terminal acetylenes is 2. The zero-order valence-electron chi connectivity index (χ0n) is 13.0. The van der Waals surface area contributed by atoms with Gasteiger partial charge in [-0.1, -0.05) is 11.8 Å². The molecular weight excluding hydrogens is 286 g/mol. The molecule has 120 valence electrons. The molecule has 0 aliphatic heterocycles. The molecule has 0 aromatic heterocycles. The molecule has 0 aliphatic rings. The van der Waals surface area contributed by atoms with E-state index in [0.29, 0.717) is 0 Å². The van der Waals surface area contributed by atoms with Gasteiger partial charge in [-0.3, -0.25) is 9.59 Å². The van der Waals surface area contributed by atoms with Gasteiger partial charge >= 0.3 is 6.09 Å². The smallest absolute Gasteiger partial charge is 0.408 e. The number of rotatable bonds is 6. The van der Waals surface area contributed by atoms with Crippen molar-refractivity contribution < 1.29 is 19.1 Å². The highest BCUT2D eigenvalue weighted by Gasteiger charge is 2.26. The van der Waals surface area contributed by atoms with Crippen LogP contribution >= 0.6 is 0 Å². The minimum atomic E-state index is -1.11. The van der Waals surface area contributed by atoms with Gasteiger partial charge in [0.05, 0.1) is 19.5 Å². The van der Waals surface area contributed by atoms with E-state index in [9.17, 15) is 14.4 Å². The van der Waals surface area contributed by atoms with E-state index in [1.165, 1.54) is 0 Å². The van der Waals surface area contributed by atoms with E-state index < -0.39 is 29.6 Å². The summed E-state index contributed by atoms with van der Waals surface area (Å²) in [5.74, 6) is 3.41. The number of ether oxygens (including phenoxy) is 1. The molecule has 0 saturated heterocycles. The van der Waals surface area contributed by atoms with Crippen LogP contribution in [0.2, 0.25) is 0 Å². The summed E-state index contributed by atoms with van der Waals surface area (Å²) in [4.78, 5) is 35.3. The SMILES string of the molecule is C#CCNC(=O)CC(NC(=O)OC(C)(C)C)C(=O)NCC#C. The summed E-state index contributed by atoms with van der Waals surface area (Å²) >= 11 is 0. The minimum absolute atomic E-state index is 0.0166. The number of hydrogen-bond acceptors (Lipinski definition) is 4. The highest BCUT2D eigenvalue weighted by Crippen LogP contribution is 2.07. The second kappa shape index (κ2) is 9.30. The molecule has 0 heterocycles. The van der Waals surface area contributed by atoms with Crippen molar-refractivity contribution in [3.63, 3.8) is 0 Å². The van der Waals surface area contributed by atoms with E-state index in [2.05, 4.69) is 27.8 Å². The molecule has 7 heteroatoms. The first-order valence-electron chi connectivity index (χ1n) is 6.60. The fraction of sp³-hybridized carbons (Fsp3) is 0.533. The fourth-order valence-corrected chi connectivity index (χ4v) is 1.33. The molecule has 0 rings (SSSR count). The second-order valence-corrected chi connectivity index (χ2v) is 5.31. The zero-order chi connectivity index (χ0) is 17.2. The molecular formula is C15H21N3O4. The Kier molecular flexibility index (Phi) is 8.17. The van der Waals surface area contributed by atoms with E-state index in [1.54, 1.807) is 20.8 Å². The Bertz CT molecular complexity index is 494. The van der Waals surface area contributed by atoms with Crippen LogP contribution in [0.15, 0.2) is 0 Å². The van der Waals surface area contributed by atoms with E-state index in [4.69, 9.17) is 17.6 Å². The summed E-state index contributed by atoms with van der Waals surface area (Å²) in [6.07, 6.45) is 8.99. The van der Waals surface area contributed by atoms with Gasteiger partial charge in [-0.25, -0.2) is 4.79 Å².